The van der Waals surface area contributed by atoms with Gasteiger partial charge in [-0.1, -0.05) is 60.2 Å². The number of nitrogens with one attached hydrogen (secondary N) is 2. The summed E-state index contributed by atoms with van der Waals surface area (Å²) in [6.45, 7) is 8.63. The number of guanidine groups is 1. The minimum absolute atomic E-state index is 0. The van der Waals surface area contributed by atoms with E-state index >= 15 is 0 Å². The summed E-state index contributed by atoms with van der Waals surface area (Å²) in [6.07, 6.45) is 2.35. The first-order valence-electron chi connectivity index (χ1n) is 11.2. The van der Waals surface area contributed by atoms with Crippen molar-refractivity contribution in [1.82, 2.24) is 15.5 Å². The van der Waals surface area contributed by atoms with Crippen molar-refractivity contribution < 1.29 is 5.11 Å². The van der Waals surface area contributed by atoms with E-state index in [0.717, 1.165) is 50.5 Å². The Kier molecular flexibility index (Phi) is 11.3. The number of benzene rings is 2. The molecule has 0 bridgehead atoms. The van der Waals surface area contributed by atoms with Crippen LogP contribution in [0.25, 0.3) is 0 Å². The minimum atomic E-state index is -0.473. The van der Waals surface area contributed by atoms with Gasteiger partial charge in [0.15, 0.2) is 5.96 Å². The van der Waals surface area contributed by atoms with Crippen LogP contribution in [0.2, 0.25) is 0 Å². The predicted molar refractivity (Wildman–Crippen MR) is 140 cm³/mol. The number of aryl methyl sites for hydroxylation is 1. The van der Waals surface area contributed by atoms with Crippen LogP contribution in [-0.4, -0.2) is 54.3 Å². The van der Waals surface area contributed by atoms with Gasteiger partial charge in [0.1, 0.15) is 0 Å². The molecule has 0 saturated carbocycles. The van der Waals surface area contributed by atoms with Gasteiger partial charge >= 0.3 is 0 Å². The fourth-order valence-electron chi connectivity index (χ4n) is 3.96. The lowest BCUT2D eigenvalue weighted by Gasteiger charge is -2.33. The maximum Gasteiger partial charge on any atom is 0.191 e. The Morgan fingerprint density at radius 1 is 1.10 bits per heavy atom. The molecule has 1 atom stereocenters. The van der Waals surface area contributed by atoms with Gasteiger partial charge in [0.2, 0.25) is 0 Å². The van der Waals surface area contributed by atoms with E-state index in [1.807, 2.05) is 30.3 Å². The van der Waals surface area contributed by atoms with E-state index in [4.69, 9.17) is 0 Å². The smallest absolute Gasteiger partial charge is 0.191 e. The molecule has 0 aromatic heterocycles. The average Bonchev–Trinajstić information content (AvgIpc) is 2.74. The number of aliphatic imine (C=N–C) groups is 1. The molecular weight excluding hydrogens is 499 g/mol. The van der Waals surface area contributed by atoms with E-state index in [1.165, 1.54) is 11.1 Å². The molecule has 170 valence electrons. The molecule has 1 heterocycles. The van der Waals surface area contributed by atoms with Crippen molar-refractivity contribution in [1.29, 1.82) is 0 Å². The number of halogens is 1. The number of hydrogen-bond acceptors (Lipinski definition) is 3. The van der Waals surface area contributed by atoms with Gasteiger partial charge in [-0.2, -0.15) is 0 Å². The highest BCUT2D eigenvalue weighted by Gasteiger charge is 2.20. The van der Waals surface area contributed by atoms with Crippen molar-refractivity contribution >= 4 is 29.9 Å². The Bertz CT molecular complexity index is 791. The maximum absolute atomic E-state index is 10.4. The second kappa shape index (κ2) is 13.7. The molecule has 2 aromatic rings. The summed E-state index contributed by atoms with van der Waals surface area (Å²) in [5.41, 5.74) is 3.85. The topological polar surface area (TPSA) is 59.9 Å². The number of rotatable bonds is 8. The van der Waals surface area contributed by atoms with Crippen molar-refractivity contribution in [2.24, 2.45) is 4.99 Å². The SMILES string of the molecule is CCNC(=NCC(O)Cc1ccccc1)NC1CCN(Cc2cccc(C)c2)CC1.I. The minimum Gasteiger partial charge on any atom is -0.391 e. The summed E-state index contributed by atoms with van der Waals surface area (Å²) < 4.78 is 0. The van der Waals surface area contributed by atoms with E-state index in [-0.39, 0.29) is 24.0 Å². The highest BCUT2D eigenvalue weighted by Crippen LogP contribution is 2.15. The zero-order valence-corrected chi connectivity index (χ0v) is 21.1. The van der Waals surface area contributed by atoms with E-state index in [2.05, 4.69) is 58.6 Å². The van der Waals surface area contributed by atoms with Crippen LogP contribution in [0, 0.1) is 6.92 Å². The molecule has 1 aliphatic heterocycles. The van der Waals surface area contributed by atoms with Crippen LogP contribution in [0.4, 0.5) is 0 Å². The Hall–Kier alpha value is -1.64. The van der Waals surface area contributed by atoms with Crippen molar-refractivity contribution in [2.75, 3.05) is 26.2 Å². The Balaban J connectivity index is 0.00000341. The Morgan fingerprint density at radius 3 is 2.48 bits per heavy atom. The fraction of sp³-hybridized carbons (Fsp3) is 0.480. The molecule has 1 saturated heterocycles. The lowest BCUT2D eigenvalue weighted by atomic mass is 10.0. The first-order chi connectivity index (χ1) is 14.6. The molecule has 1 unspecified atom stereocenters. The summed E-state index contributed by atoms with van der Waals surface area (Å²) in [4.78, 5) is 7.16. The average molecular weight is 537 g/mol. The molecule has 6 heteroatoms. The third-order valence-corrected chi connectivity index (χ3v) is 5.54. The number of piperidine rings is 1. The number of aliphatic hydroxyl groups excluding tert-OH is 1. The number of likely N-dealkylation sites (tertiary alicyclic amines) is 1. The maximum atomic E-state index is 10.4. The largest absolute Gasteiger partial charge is 0.391 e. The van der Waals surface area contributed by atoms with E-state index < -0.39 is 6.10 Å². The van der Waals surface area contributed by atoms with E-state index in [9.17, 15) is 5.11 Å². The molecule has 0 amide bonds. The van der Waals surface area contributed by atoms with Gasteiger partial charge in [0.25, 0.3) is 0 Å². The lowest BCUT2D eigenvalue weighted by molar-refractivity contribution is 0.183. The molecule has 0 spiro atoms. The highest BCUT2D eigenvalue weighted by atomic mass is 127. The van der Waals surface area contributed by atoms with Gasteiger partial charge in [-0.05, 0) is 37.8 Å². The van der Waals surface area contributed by atoms with Gasteiger partial charge < -0.3 is 15.7 Å². The van der Waals surface area contributed by atoms with Crippen molar-refractivity contribution in [3.63, 3.8) is 0 Å². The quantitative estimate of drug-likeness (QED) is 0.274. The standard InChI is InChI=1S/C25H36N4O.HI/c1-3-26-25(27-18-24(30)17-21-9-5-4-6-10-21)28-23-12-14-29(15-13-23)19-22-11-7-8-20(2)16-22;/h4-11,16,23-24,30H,3,12-15,17-19H2,1-2H3,(H2,26,27,28);1H. The summed E-state index contributed by atoms with van der Waals surface area (Å²) in [5, 5.41) is 17.2. The molecule has 31 heavy (non-hydrogen) atoms. The summed E-state index contributed by atoms with van der Waals surface area (Å²) in [7, 11) is 0. The van der Waals surface area contributed by atoms with Gasteiger partial charge in [0.05, 0.1) is 12.6 Å². The van der Waals surface area contributed by atoms with Crippen LogP contribution in [0.1, 0.15) is 36.5 Å². The van der Waals surface area contributed by atoms with Crippen molar-refractivity contribution in [2.45, 2.75) is 51.8 Å². The van der Waals surface area contributed by atoms with Crippen LogP contribution in [0.5, 0.6) is 0 Å². The third-order valence-electron chi connectivity index (χ3n) is 5.54. The predicted octanol–water partition coefficient (Wildman–Crippen LogP) is 3.74. The Labute approximate surface area is 204 Å². The van der Waals surface area contributed by atoms with Crippen LogP contribution < -0.4 is 10.6 Å². The molecule has 5 nitrogen and oxygen atoms in total. The van der Waals surface area contributed by atoms with Crippen LogP contribution in [0.15, 0.2) is 59.6 Å². The molecule has 3 rings (SSSR count). The molecule has 0 radical (unpaired) electrons. The fourth-order valence-corrected chi connectivity index (χ4v) is 3.96. The number of nitrogens with zero attached hydrogens (tertiary/aromatic N) is 2. The molecule has 1 aliphatic rings. The molecule has 1 fully saturated rings. The lowest BCUT2D eigenvalue weighted by Crippen LogP contribution is -2.48. The van der Waals surface area contributed by atoms with Crippen LogP contribution >= 0.6 is 24.0 Å². The Morgan fingerprint density at radius 2 is 1.81 bits per heavy atom. The van der Waals surface area contributed by atoms with Gasteiger partial charge in [-0.3, -0.25) is 9.89 Å². The molecule has 3 N–H and O–H groups in total. The highest BCUT2D eigenvalue weighted by molar-refractivity contribution is 14.0. The van der Waals surface area contributed by atoms with Gasteiger partial charge in [-0.15, -0.1) is 24.0 Å². The molecular formula is C25H37IN4O. The van der Waals surface area contributed by atoms with Crippen LogP contribution in [0.3, 0.4) is 0 Å². The summed E-state index contributed by atoms with van der Waals surface area (Å²) in [6, 6.07) is 19.3. The monoisotopic (exact) mass is 536 g/mol. The normalized spacial score (nSPS) is 16.4. The van der Waals surface area contributed by atoms with Gasteiger partial charge in [-0.25, -0.2) is 0 Å². The second-order valence-corrected chi connectivity index (χ2v) is 8.25. The molecule has 0 aliphatic carbocycles. The van der Waals surface area contributed by atoms with E-state index in [1.54, 1.807) is 0 Å². The van der Waals surface area contributed by atoms with E-state index in [0.29, 0.717) is 19.0 Å². The van der Waals surface area contributed by atoms with Crippen molar-refractivity contribution in [3.05, 3.63) is 71.3 Å². The summed E-state index contributed by atoms with van der Waals surface area (Å²) in [5.74, 6) is 0.807. The first kappa shape index (κ1) is 25.6. The first-order valence-corrected chi connectivity index (χ1v) is 11.2. The van der Waals surface area contributed by atoms with Crippen molar-refractivity contribution in [3.8, 4) is 0 Å². The third kappa shape index (κ3) is 9.17. The number of aliphatic hydroxyl groups is 1. The zero-order chi connectivity index (χ0) is 21.2. The second-order valence-electron chi connectivity index (χ2n) is 8.25. The molecule has 2 aromatic carbocycles. The van der Waals surface area contributed by atoms with Gasteiger partial charge in [0, 0.05) is 38.6 Å². The number of hydrogen-bond donors (Lipinski definition) is 3. The van der Waals surface area contributed by atoms with Crippen LogP contribution in [-0.2, 0) is 13.0 Å². The zero-order valence-electron chi connectivity index (χ0n) is 18.8. The summed E-state index contributed by atoms with van der Waals surface area (Å²) >= 11 is 0.